The summed E-state index contributed by atoms with van der Waals surface area (Å²) in [6.07, 6.45) is 6.83. The maximum Gasteiger partial charge on any atom is 0.312 e. The molecule has 0 aliphatic heterocycles. The molecule has 1 aliphatic rings. The van der Waals surface area contributed by atoms with Gasteiger partial charge in [0, 0.05) is 0 Å². The van der Waals surface area contributed by atoms with Crippen LogP contribution in [-0.2, 0) is 9.53 Å². The second-order valence-corrected chi connectivity index (χ2v) is 8.31. The first kappa shape index (κ1) is 17.5. The van der Waals surface area contributed by atoms with Crippen molar-refractivity contribution in [3.05, 3.63) is 0 Å². The van der Waals surface area contributed by atoms with E-state index in [-0.39, 0.29) is 17.0 Å². The molecular formula is C18H34O2. The molecule has 1 saturated carbocycles. The van der Waals surface area contributed by atoms with Gasteiger partial charge in [-0.3, -0.25) is 4.79 Å². The van der Waals surface area contributed by atoms with Crippen molar-refractivity contribution in [1.29, 1.82) is 0 Å². The first-order valence-corrected chi connectivity index (χ1v) is 8.28. The van der Waals surface area contributed by atoms with Crippen LogP contribution in [0.5, 0.6) is 0 Å². The van der Waals surface area contributed by atoms with Crippen LogP contribution >= 0.6 is 0 Å². The molecular weight excluding hydrogens is 248 g/mol. The molecule has 2 nitrogen and oxygen atoms in total. The summed E-state index contributed by atoms with van der Waals surface area (Å²) in [6.45, 7) is 14.8. The van der Waals surface area contributed by atoms with Crippen molar-refractivity contribution in [1.82, 2.24) is 0 Å². The Morgan fingerprint density at radius 3 is 1.95 bits per heavy atom. The first-order chi connectivity index (χ1) is 9.04. The average molecular weight is 282 g/mol. The van der Waals surface area contributed by atoms with Crippen LogP contribution in [0.1, 0.15) is 87.0 Å². The third-order valence-corrected chi connectivity index (χ3v) is 5.55. The van der Waals surface area contributed by atoms with Crippen molar-refractivity contribution in [2.75, 3.05) is 0 Å². The van der Waals surface area contributed by atoms with Crippen LogP contribution in [0.25, 0.3) is 0 Å². The monoisotopic (exact) mass is 282 g/mol. The third-order valence-electron chi connectivity index (χ3n) is 5.55. The SMILES string of the molecule is CCCC(C)(C(=O)OC(C)(C)C1CCCC1)C(C)(C)C. The van der Waals surface area contributed by atoms with Gasteiger partial charge in [-0.15, -0.1) is 0 Å². The van der Waals surface area contributed by atoms with E-state index in [4.69, 9.17) is 4.74 Å². The van der Waals surface area contributed by atoms with Crippen molar-refractivity contribution in [2.45, 2.75) is 92.6 Å². The first-order valence-electron chi connectivity index (χ1n) is 8.28. The predicted molar refractivity (Wildman–Crippen MR) is 84.6 cm³/mol. The predicted octanol–water partition coefficient (Wildman–Crippen LogP) is 5.35. The number of hydrogen-bond acceptors (Lipinski definition) is 2. The Kier molecular flexibility index (Phi) is 5.32. The molecule has 1 rings (SSSR count). The topological polar surface area (TPSA) is 26.3 Å². The van der Waals surface area contributed by atoms with E-state index in [0.717, 1.165) is 12.8 Å². The number of carbonyl (C=O) groups is 1. The highest BCUT2D eigenvalue weighted by atomic mass is 16.6. The van der Waals surface area contributed by atoms with Crippen molar-refractivity contribution >= 4 is 5.97 Å². The van der Waals surface area contributed by atoms with Crippen LogP contribution in [0.4, 0.5) is 0 Å². The summed E-state index contributed by atoms with van der Waals surface area (Å²) in [5.41, 5.74) is -0.808. The highest BCUT2D eigenvalue weighted by molar-refractivity contribution is 5.77. The number of hydrogen-bond donors (Lipinski definition) is 0. The number of ether oxygens (including phenoxy) is 1. The highest BCUT2D eigenvalue weighted by Crippen LogP contribution is 2.45. The summed E-state index contributed by atoms with van der Waals surface area (Å²) < 4.78 is 6.03. The standard InChI is InChI=1S/C18H34O2/c1-8-13-18(7,16(2,3)4)15(19)20-17(5,6)14-11-9-10-12-14/h14H,8-13H2,1-7H3. The fraction of sp³-hybridized carbons (Fsp3) is 0.944. The molecule has 1 fully saturated rings. The molecule has 0 N–H and O–H groups in total. The summed E-state index contributed by atoms with van der Waals surface area (Å²) in [5, 5.41) is 0. The fourth-order valence-corrected chi connectivity index (χ4v) is 3.34. The Balaban J connectivity index is 2.86. The van der Waals surface area contributed by atoms with Crippen LogP contribution < -0.4 is 0 Å². The molecule has 0 bridgehead atoms. The normalized spacial score (nSPS) is 20.8. The molecule has 1 atom stereocenters. The second-order valence-electron chi connectivity index (χ2n) is 8.31. The minimum absolute atomic E-state index is 0.0104. The minimum atomic E-state index is -0.405. The van der Waals surface area contributed by atoms with E-state index in [2.05, 4.69) is 48.5 Å². The zero-order valence-corrected chi connectivity index (χ0v) is 14.6. The third kappa shape index (κ3) is 3.56. The Morgan fingerprint density at radius 2 is 1.55 bits per heavy atom. The Bertz CT molecular complexity index is 332. The van der Waals surface area contributed by atoms with Crippen molar-refractivity contribution in [3.8, 4) is 0 Å². The van der Waals surface area contributed by atoms with Crippen LogP contribution in [0.2, 0.25) is 0 Å². The van der Waals surface area contributed by atoms with Crippen LogP contribution in [0.15, 0.2) is 0 Å². The van der Waals surface area contributed by atoms with E-state index >= 15 is 0 Å². The molecule has 0 amide bonds. The maximum atomic E-state index is 12.9. The van der Waals surface area contributed by atoms with Gasteiger partial charge in [-0.05, 0) is 51.4 Å². The highest BCUT2D eigenvalue weighted by Gasteiger charge is 2.47. The van der Waals surface area contributed by atoms with Gasteiger partial charge in [-0.2, -0.15) is 0 Å². The molecule has 2 heteroatoms. The van der Waals surface area contributed by atoms with Crippen LogP contribution in [-0.4, -0.2) is 11.6 Å². The van der Waals surface area contributed by atoms with E-state index in [1.54, 1.807) is 0 Å². The van der Waals surface area contributed by atoms with Crippen LogP contribution in [0, 0.1) is 16.7 Å². The molecule has 0 heterocycles. The van der Waals surface area contributed by atoms with Crippen molar-refractivity contribution in [2.24, 2.45) is 16.7 Å². The lowest BCUT2D eigenvalue weighted by Crippen LogP contribution is -2.46. The van der Waals surface area contributed by atoms with E-state index in [9.17, 15) is 4.79 Å². The Hall–Kier alpha value is -0.530. The van der Waals surface area contributed by atoms with Gasteiger partial charge in [0.15, 0.2) is 0 Å². The van der Waals surface area contributed by atoms with Crippen LogP contribution in [0.3, 0.4) is 0 Å². The van der Waals surface area contributed by atoms with Crippen molar-refractivity contribution in [3.63, 3.8) is 0 Å². The van der Waals surface area contributed by atoms with Gasteiger partial charge >= 0.3 is 5.97 Å². The molecule has 0 aromatic rings. The summed E-state index contributed by atoms with van der Waals surface area (Å²) in [4.78, 5) is 12.9. The van der Waals surface area contributed by atoms with E-state index < -0.39 is 5.41 Å². The van der Waals surface area contributed by atoms with E-state index in [1.165, 1.54) is 25.7 Å². The average Bonchev–Trinajstić information content (AvgIpc) is 2.80. The summed E-state index contributed by atoms with van der Waals surface area (Å²) >= 11 is 0. The lowest BCUT2D eigenvalue weighted by molar-refractivity contribution is -0.181. The van der Waals surface area contributed by atoms with Gasteiger partial charge in [0.1, 0.15) is 5.60 Å². The quantitative estimate of drug-likeness (QED) is 0.635. The molecule has 0 aromatic heterocycles. The van der Waals surface area contributed by atoms with Gasteiger partial charge in [-0.1, -0.05) is 47.0 Å². The van der Waals surface area contributed by atoms with E-state index in [0.29, 0.717) is 5.92 Å². The maximum absolute atomic E-state index is 12.9. The molecule has 1 unspecified atom stereocenters. The molecule has 0 radical (unpaired) electrons. The smallest absolute Gasteiger partial charge is 0.312 e. The second kappa shape index (κ2) is 6.07. The molecule has 20 heavy (non-hydrogen) atoms. The Labute approximate surface area is 125 Å². The van der Waals surface area contributed by atoms with Gasteiger partial charge in [-0.25, -0.2) is 0 Å². The molecule has 1 aliphatic carbocycles. The van der Waals surface area contributed by atoms with Gasteiger partial charge < -0.3 is 4.74 Å². The van der Waals surface area contributed by atoms with Gasteiger partial charge in [0.2, 0.25) is 0 Å². The number of esters is 1. The molecule has 0 saturated heterocycles. The summed E-state index contributed by atoms with van der Waals surface area (Å²) in [5.74, 6) is 0.515. The summed E-state index contributed by atoms with van der Waals surface area (Å²) in [7, 11) is 0. The lowest BCUT2D eigenvalue weighted by Gasteiger charge is -2.43. The van der Waals surface area contributed by atoms with Gasteiger partial charge in [0.05, 0.1) is 5.41 Å². The molecule has 0 spiro atoms. The van der Waals surface area contributed by atoms with Gasteiger partial charge in [0.25, 0.3) is 0 Å². The van der Waals surface area contributed by atoms with E-state index in [1.807, 2.05) is 0 Å². The zero-order valence-electron chi connectivity index (χ0n) is 14.6. The molecule has 118 valence electrons. The minimum Gasteiger partial charge on any atom is -0.459 e. The fourth-order valence-electron chi connectivity index (χ4n) is 3.34. The Morgan fingerprint density at radius 1 is 1.05 bits per heavy atom. The zero-order chi connectivity index (χ0) is 15.6. The summed E-state index contributed by atoms with van der Waals surface area (Å²) in [6, 6.07) is 0. The largest absolute Gasteiger partial charge is 0.459 e. The molecule has 0 aromatic carbocycles. The van der Waals surface area contributed by atoms with Crippen molar-refractivity contribution < 1.29 is 9.53 Å². The number of rotatable bonds is 5. The lowest BCUT2D eigenvalue weighted by atomic mass is 9.65. The number of carbonyl (C=O) groups excluding carboxylic acids is 1.